The Morgan fingerprint density at radius 2 is 1.00 bits per heavy atom. The van der Waals surface area contributed by atoms with Crippen LogP contribution in [0.5, 0.6) is 0 Å². The highest BCUT2D eigenvalue weighted by Crippen LogP contribution is 2.48. The summed E-state index contributed by atoms with van der Waals surface area (Å²) >= 11 is 0. The van der Waals surface area contributed by atoms with Gasteiger partial charge in [-0.25, -0.2) is 8.42 Å². The summed E-state index contributed by atoms with van der Waals surface area (Å²) in [4.78, 5) is 0.354. The third-order valence-corrected chi connectivity index (χ3v) is 13.4. The first-order chi connectivity index (χ1) is 15.5. The van der Waals surface area contributed by atoms with Gasteiger partial charge in [-0.05, 0) is 48.3 Å². The monoisotopic (exact) mass is 458 g/mol. The van der Waals surface area contributed by atoms with Crippen LogP contribution in [0.15, 0.2) is 120 Å². The van der Waals surface area contributed by atoms with Crippen molar-refractivity contribution in [1.29, 1.82) is 0 Å². The zero-order chi connectivity index (χ0) is 22.6. The molecule has 0 saturated carbocycles. The van der Waals surface area contributed by atoms with Gasteiger partial charge in [0.25, 0.3) is 0 Å². The molecule has 0 spiro atoms. The van der Waals surface area contributed by atoms with Crippen LogP contribution in [0.2, 0.25) is 0 Å². The van der Waals surface area contributed by atoms with E-state index in [1.807, 2.05) is 80.6 Å². The quantitative estimate of drug-likeness (QED) is 0.367. The molecular weight excluding hydrogens is 431 g/mol. The third-order valence-electron chi connectivity index (χ3n) is 5.75. The van der Waals surface area contributed by atoms with Crippen molar-refractivity contribution in [3.8, 4) is 0 Å². The Bertz CT molecular complexity index is 1240. The first-order valence-corrected chi connectivity index (χ1v) is 14.0. The van der Waals surface area contributed by atoms with E-state index < -0.39 is 16.7 Å². The van der Waals surface area contributed by atoms with E-state index in [2.05, 4.69) is 36.4 Å². The zero-order valence-electron chi connectivity index (χ0n) is 18.3. The molecule has 0 heterocycles. The lowest BCUT2D eigenvalue weighted by atomic mass is 10.2. The molecule has 4 rings (SSSR count). The van der Waals surface area contributed by atoms with Crippen molar-refractivity contribution >= 4 is 37.3 Å². The normalized spacial score (nSPS) is 11.8. The summed E-state index contributed by atoms with van der Waals surface area (Å²) in [7, 11) is -3.70. The van der Waals surface area contributed by atoms with Gasteiger partial charge in [0, 0.05) is 0 Å². The highest BCUT2D eigenvalue weighted by atomic mass is 32.2. The van der Waals surface area contributed by atoms with Gasteiger partial charge in [0.05, 0.1) is 9.52 Å². The number of sulfone groups is 1. The molecule has 2 nitrogen and oxygen atoms in total. The molecule has 0 fully saturated rings. The first kappa shape index (κ1) is 22.3. The molecule has 0 saturated heterocycles. The van der Waals surface area contributed by atoms with Crippen LogP contribution in [-0.4, -0.2) is 13.0 Å². The zero-order valence-corrected chi connectivity index (χ0v) is 20.1. The molecule has 0 N–H and O–H groups in total. The number of hydrogen-bond acceptors (Lipinski definition) is 2. The molecular formula is C28H27O2PS. The van der Waals surface area contributed by atoms with Crippen molar-refractivity contribution in [2.24, 2.45) is 0 Å². The van der Waals surface area contributed by atoms with Gasteiger partial charge in [-0.15, -0.1) is 0 Å². The second kappa shape index (κ2) is 9.32. The van der Waals surface area contributed by atoms with Gasteiger partial charge in [0.2, 0.25) is 9.84 Å². The maximum absolute atomic E-state index is 14.2. The van der Waals surface area contributed by atoms with Crippen molar-refractivity contribution in [3.63, 3.8) is 0 Å². The van der Waals surface area contributed by atoms with Crippen molar-refractivity contribution in [2.45, 2.75) is 25.2 Å². The van der Waals surface area contributed by atoms with E-state index in [-0.39, 0.29) is 0 Å². The van der Waals surface area contributed by atoms with Gasteiger partial charge in [0.15, 0.2) is 0 Å². The van der Waals surface area contributed by atoms with Crippen molar-refractivity contribution in [2.75, 3.05) is 0 Å². The largest absolute Gasteiger partial charge is 0.219 e. The predicted octanol–water partition coefficient (Wildman–Crippen LogP) is 5.30. The third kappa shape index (κ3) is 3.88. The van der Waals surface area contributed by atoms with Crippen LogP contribution in [0.1, 0.15) is 18.9 Å². The van der Waals surface area contributed by atoms with E-state index in [1.165, 1.54) is 0 Å². The average Bonchev–Trinajstić information content (AvgIpc) is 2.84. The molecule has 0 aliphatic heterocycles. The van der Waals surface area contributed by atoms with Crippen LogP contribution in [0.3, 0.4) is 0 Å². The van der Waals surface area contributed by atoms with Gasteiger partial charge >= 0.3 is 0 Å². The Morgan fingerprint density at radius 3 is 1.34 bits per heavy atom. The minimum absolute atomic E-state index is 0.354. The molecule has 162 valence electrons. The van der Waals surface area contributed by atoms with E-state index >= 15 is 0 Å². The number of hydrogen-bond donors (Lipinski definition) is 0. The molecule has 0 radical (unpaired) electrons. The molecule has 0 unspecified atom stereocenters. The van der Waals surface area contributed by atoms with Crippen LogP contribution in [-0.2, 0) is 9.84 Å². The summed E-state index contributed by atoms with van der Waals surface area (Å²) in [6.07, 6.45) is 0.433. The topological polar surface area (TPSA) is 34.1 Å². The standard InChI is InChI=1S/C28H27O2PS/c1-3-28(32(29,30)27-21-19-23(2)20-22-27)31(24-13-7-4-8-14-24,25-15-9-5-10-16-25)26-17-11-6-12-18-26/h4-22H,3H2,1-2H3. The highest BCUT2D eigenvalue weighted by molar-refractivity contribution is 8.20. The van der Waals surface area contributed by atoms with Gasteiger partial charge in [0.1, 0.15) is 0 Å². The fourth-order valence-corrected chi connectivity index (χ4v) is 12.2. The van der Waals surface area contributed by atoms with Crippen molar-refractivity contribution < 1.29 is 8.42 Å². The van der Waals surface area contributed by atoms with E-state index in [0.717, 1.165) is 21.5 Å². The molecule has 0 atom stereocenters. The number of benzene rings is 4. The predicted molar refractivity (Wildman–Crippen MR) is 139 cm³/mol. The van der Waals surface area contributed by atoms with E-state index in [4.69, 9.17) is 0 Å². The number of aryl methyl sites for hydroxylation is 1. The second-order valence-corrected chi connectivity index (χ2v) is 13.4. The minimum atomic E-state index is -3.70. The summed E-state index contributed by atoms with van der Waals surface area (Å²) in [5.41, 5.74) is 1.04. The average molecular weight is 459 g/mol. The van der Waals surface area contributed by atoms with Crippen LogP contribution in [0.4, 0.5) is 0 Å². The number of rotatable bonds is 6. The van der Waals surface area contributed by atoms with E-state index in [0.29, 0.717) is 15.9 Å². The maximum Gasteiger partial charge on any atom is 0.203 e. The molecule has 4 aromatic rings. The Balaban J connectivity index is 2.25. The van der Waals surface area contributed by atoms with E-state index in [1.54, 1.807) is 12.1 Å². The maximum atomic E-state index is 14.2. The summed E-state index contributed by atoms with van der Waals surface area (Å²) in [6, 6.07) is 37.6. The summed E-state index contributed by atoms with van der Waals surface area (Å²) < 4.78 is 29.0. The smallest absolute Gasteiger partial charge is 0.203 e. The van der Waals surface area contributed by atoms with Crippen molar-refractivity contribution in [1.82, 2.24) is 0 Å². The van der Waals surface area contributed by atoms with Crippen molar-refractivity contribution in [3.05, 3.63) is 121 Å². The molecule has 4 aromatic carbocycles. The van der Waals surface area contributed by atoms with Gasteiger partial charge in [-0.3, -0.25) is 0 Å². The molecule has 0 aromatic heterocycles. The summed E-state index contributed by atoms with van der Waals surface area (Å²) in [5.74, 6) is 0. The molecule has 0 aliphatic carbocycles. The lowest BCUT2D eigenvalue weighted by Crippen LogP contribution is -2.33. The Hall–Kier alpha value is -2.87. The second-order valence-electron chi connectivity index (χ2n) is 7.74. The molecule has 32 heavy (non-hydrogen) atoms. The molecule has 4 heteroatoms. The fraction of sp³-hybridized carbons (Fsp3) is 0.107. The van der Waals surface area contributed by atoms with Crippen LogP contribution in [0.25, 0.3) is 0 Å². The lowest BCUT2D eigenvalue weighted by molar-refractivity contribution is 0.607. The summed E-state index contributed by atoms with van der Waals surface area (Å²) in [5, 5.41) is 3.14. The van der Waals surface area contributed by atoms with Gasteiger partial charge in [-0.2, -0.15) is 0 Å². The fourth-order valence-electron chi connectivity index (χ4n) is 4.29. The van der Waals surface area contributed by atoms with E-state index in [9.17, 15) is 8.42 Å². The minimum Gasteiger partial charge on any atom is -0.219 e. The van der Waals surface area contributed by atoms with Crippen LogP contribution < -0.4 is 15.9 Å². The molecule has 0 bridgehead atoms. The lowest BCUT2D eigenvalue weighted by Gasteiger charge is -2.32. The molecule has 0 aliphatic rings. The Kier molecular flexibility index (Phi) is 6.50. The highest BCUT2D eigenvalue weighted by Gasteiger charge is 2.35. The first-order valence-electron chi connectivity index (χ1n) is 10.8. The van der Waals surface area contributed by atoms with Gasteiger partial charge in [-0.1, -0.05) is 116 Å². The SMILES string of the molecule is CCC(=P(c1ccccc1)(c1ccccc1)c1ccccc1)S(=O)(=O)c1ccc(C)cc1. The molecule has 0 amide bonds. The van der Waals surface area contributed by atoms with Gasteiger partial charge < -0.3 is 0 Å². The van der Waals surface area contributed by atoms with Crippen LogP contribution >= 0.6 is 6.89 Å². The van der Waals surface area contributed by atoms with Crippen LogP contribution in [0, 0.1) is 6.92 Å². The summed E-state index contributed by atoms with van der Waals surface area (Å²) in [6.45, 7) is 1.30. The Morgan fingerprint density at radius 1 is 0.625 bits per heavy atom. The Labute approximate surface area is 191 Å².